The first-order chi connectivity index (χ1) is 8.17. The molecule has 0 atom stereocenters. The summed E-state index contributed by atoms with van der Waals surface area (Å²) in [5.41, 5.74) is 3.37. The van der Waals surface area contributed by atoms with Crippen LogP contribution in [0.5, 0.6) is 0 Å². The number of benzene rings is 1. The lowest BCUT2D eigenvalue weighted by Crippen LogP contribution is -1.97. The molecule has 17 heavy (non-hydrogen) atoms. The highest BCUT2D eigenvalue weighted by atomic mass is 79.9. The highest BCUT2D eigenvalue weighted by Crippen LogP contribution is 2.25. The minimum absolute atomic E-state index is 0.0251. The average Bonchev–Trinajstić information content (AvgIpc) is 2.65. The number of aliphatic hydroxyl groups is 1. The number of hydrogen-bond acceptors (Lipinski definition) is 2. The molecule has 2 aromatic rings. The number of aliphatic hydroxyl groups excluding tert-OH is 1. The Morgan fingerprint density at radius 1 is 1.35 bits per heavy atom. The van der Waals surface area contributed by atoms with Crippen LogP contribution in [0.4, 0.5) is 0 Å². The van der Waals surface area contributed by atoms with Gasteiger partial charge in [0.25, 0.3) is 0 Å². The third-order valence-corrected chi connectivity index (χ3v) is 3.59. The van der Waals surface area contributed by atoms with E-state index in [0.717, 1.165) is 21.4 Å². The maximum atomic E-state index is 9.09. The molecule has 1 heterocycles. The Kier molecular flexibility index (Phi) is 3.32. The third kappa shape index (κ3) is 2.12. The van der Waals surface area contributed by atoms with Gasteiger partial charge in [-0.1, -0.05) is 12.1 Å². The summed E-state index contributed by atoms with van der Waals surface area (Å²) in [4.78, 5) is 0. The normalized spacial score (nSPS) is 10.2. The quantitative estimate of drug-likeness (QED) is 0.924. The second kappa shape index (κ2) is 4.74. The van der Waals surface area contributed by atoms with E-state index < -0.39 is 0 Å². The van der Waals surface area contributed by atoms with Gasteiger partial charge in [0.1, 0.15) is 11.8 Å². The van der Waals surface area contributed by atoms with E-state index in [2.05, 4.69) is 22.0 Å². The molecule has 0 aliphatic carbocycles. The number of halogens is 1. The molecule has 86 valence electrons. The molecular formula is C13H11BrN2O. The van der Waals surface area contributed by atoms with Crippen molar-refractivity contribution in [3.63, 3.8) is 0 Å². The molecule has 4 heteroatoms. The zero-order chi connectivity index (χ0) is 12.4. The van der Waals surface area contributed by atoms with Gasteiger partial charge in [-0.3, -0.25) is 4.57 Å². The Morgan fingerprint density at radius 2 is 2.00 bits per heavy atom. The molecule has 0 radical (unpaired) electrons. The second-order valence-corrected chi connectivity index (χ2v) is 4.53. The molecule has 1 aromatic heterocycles. The molecular weight excluding hydrogens is 280 g/mol. The summed E-state index contributed by atoms with van der Waals surface area (Å²) in [6.07, 6.45) is 0. The van der Waals surface area contributed by atoms with Crippen molar-refractivity contribution in [2.24, 2.45) is 0 Å². The van der Waals surface area contributed by atoms with Gasteiger partial charge in [0.2, 0.25) is 0 Å². The summed E-state index contributed by atoms with van der Waals surface area (Å²) in [7, 11) is 0. The summed E-state index contributed by atoms with van der Waals surface area (Å²) in [5, 5.41) is 18.1. The molecule has 0 bridgehead atoms. The maximum Gasteiger partial charge on any atom is 0.125 e. The van der Waals surface area contributed by atoms with Crippen LogP contribution in [0.15, 0.2) is 34.9 Å². The highest BCUT2D eigenvalue weighted by Gasteiger charge is 2.11. The Balaban J connectivity index is 2.56. The van der Waals surface area contributed by atoms with Crippen LogP contribution in [0.25, 0.3) is 5.69 Å². The molecule has 1 aromatic carbocycles. The first-order valence-corrected chi connectivity index (χ1v) is 5.94. The molecule has 0 aliphatic heterocycles. The van der Waals surface area contributed by atoms with E-state index in [4.69, 9.17) is 10.4 Å². The number of rotatable bonds is 2. The number of aryl methyl sites for hydroxylation is 1. The maximum absolute atomic E-state index is 9.09. The van der Waals surface area contributed by atoms with Crippen LogP contribution < -0.4 is 0 Å². The third-order valence-electron chi connectivity index (χ3n) is 2.61. The van der Waals surface area contributed by atoms with Gasteiger partial charge in [-0.15, -0.1) is 0 Å². The van der Waals surface area contributed by atoms with Crippen LogP contribution in [0.2, 0.25) is 0 Å². The Bertz CT molecular complexity index is 579. The van der Waals surface area contributed by atoms with Gasteiger partial charge >= 0.3 is 0 Å². The molecule has 0 saturated carbocycles. The van der Waals surface area contributed by atoms with Crippen molar-refractivity contribution in [1.82, 2.24) is 4.57 Å². The number of hydrogen-bond donors (Lipinski definition) is 1. The topological polar surface area (TPSA) is 49.0 Å². The fourth-order valence-electron chi connectivity index (χ4n) is 1.70. The average molecular weight is 291 g/mol. The minimum atomic E-state index is 0.0251. The smallest absolute Gasteiger partial charge is 0.125 e. The zero-order valence-electron chi connectivity index (χ0n) is 9.31. The van der Waals surface area contributed by atoms with Crippen molar-refractivity contribution in [3.05, 3.63) is 51.8 Å². The van der Waals surface area contributed by atoms with Crippen LogP contribution in [0, 0.1) is 18.3 Å². The first-order valence-electron chi connectivity index (χ1n) is 5.15. The monoisotopic (exact) mass is 290 g/mol. The Labute approximate surface area is 108 Å². The molecule has 0 aliphatic rings. The molecule has 0 fully saturated rings. The van der Waals surface area contributed by atoms with Crippen molar-refractivity contribution in [1.29, 1.82) is 5.26 Å². The number of aromatic nitrogens is 1. The Morgan fingerprint density at radius 3 is 2.53 bits per heavy atom. The van der Waals surface area contributed by atoms with Gasteiger partial charge < -0.3 is 5.11 Å². The minimum Gasteiger partial charge on any atom is -0.392 e. The summed E-state index contributed by atoms with van der Waals surface area (Å²) >= 11 is 3.48. The Hall–Kier alpha value is -1.57. The second-order valence-electron chi connectivity index (χ2n) is 3.78. The SMILES string of the molecule is Cc1cc(C#N)n(-c2ccc(CO)cc2)c1Br. The lowest BCUT2D eigenvalue weighted by Gasteiger charge is -2.07. The van der Waals surface area contributed by atoms with Gasteiger partial charge in [0.05, 0.1) is 11.2 Å². The summed E-state index contributed by atoms with van der Waals surface area (Å²) in [6, 6.07) is 11.5. The van der Waals surface area contributed by atoms with Crippen LogP contribution in [0.1, 0.15) is 16.8 Å². The van der Waals surface area contributed by atoms with Crippen molar-refractivity contribution in [2.75, 3.05) is 0 Å². The highest BCUT2D eigenvalue weighted by molar-refractivity contribution is 9.10. The predicted octanol–water partition coefficient (Wildman–Crippen LogP) is 2.91. The summed E-state index contributed by atoms with van der Waals surface area (Å²) in [6.45, 7) is 1.97. The van der Waals surface area contributed by atoms with Crippen LogP contribution in [-0.2, 0) is 6.61 Å². The van der Waals surface area contributed by atoms with Gasteiger partial charge in [0.15, 0.2) is 0 Å². The van der Waals surface area contributed by atoms with E-state index in [1.54, 1.807) is 0 Å². The number of nitrogens with zero attached hydrogens (tertiary/aromatic N) is 2. The van der Waals surface area contributed by atoms with Crippen molar-refractivity contribution in [2.45, 2.75) is 13.5 Å². The van der Waals surface area contributed by atoms with E-state index >= 15 is 0 Å². The van der Waals surface area contributed by atoms with Gasteiger partial charge in [-0.25, -0.2) is 0 Å². The fourth-order valence-corrected chi connectivity index (χ4v) is 2.21. The summed E-state index contributed by atoms with van der Waals surface area (Å²) in [5.74, 6) is 0. The van der Waals surface area contributed by atoms with E-state index in [0.29, 0.717) is 5.69 Å². The van der Waals surface area contributed by atoms with Gasteiger partial charge in [0, 0.05) is 5.69 Å². The van der Waals surface area contributed by atoms with Crippen LogP contribution in [-0.4, -0.2) is 9.67 Å². The van der Waals surface area contributed by atoms with Gasteiger partial charge in [-0.2, -0.15) is 5.26 Å². The molecule has 1 N–H and O–H groups in total. The molecule has 0 spiro atoms. The van der Waals surface area contributed by atoms with Crippen LogP contribution >= 0.6 is 15.9 Å². The van der Waals surface area contributed by atoms with E-state index in [1.807, 2.05) is 41.8 Å². The lowest BCUT2D eigenvalue weighted by atomic mass is 10.2. The van der Waals surface area contributed by atoms with E-state index in [1.165, 1.54) is 0 Å². The zero-order valence-corrected chi connectivity index (χ0v) is 10.9. The number of nitriles is 1. The van der Waals surface area contributed by atoms with Gasteiger partial charge in [-0.05, 0) is 52.2 Å². The lowest BCUT2D eigenvalue weighted by molar-refractivity contribution is 0.282. The van der Waals surface area contributed by atoms with Crippen molar-refractivity contribution in [3.8, 4) is 11.8 Å². The van der Waals surface area contributed by atoms with Crippen LogP contribution in [0.3, 0.4) is 0 Å². The van der Waals surface area contributed by atoms with Crippen molar-refractivity contribution >= 4 is 15.9 Å². The molecule has 0 saturated heterocycles. The molecule has 3 nitrogen and oxygen atoms in total. The largest absolute Gasteiger partial charge is 0.392 e. The molecule has 0 amide bonds. The molecule has 0 unspecified atom stereocenters. The van der Waals surface area contributed by atoms with E-state index in [9.17, 15) is 0 Å². The van der Waals surface area contributed by atoms with E-state index in [-0.39, 0.29) is 6.61 Å². The van der Waals surface area contributed by atoms with Crippen molar-refractivity contribution < 1.29 is 5.11 Å². The standard InChI is InChI=1S/C13H11BrN2O/c1-9-6-12(7-15)16(13(9)14)11-4-2-10(8-17)3-5-11/h2-6,17H,8H2,1H3. The predicted molar refractivity (Wildman–Crippen MR) is 68.8 cm³/mol. The summed E-state index contributed by atoms with van der Waals surface area (Å²) < 4.78 is 2.72. The first kappa shape index (κ1) is 11.9. The molecule has 2 rings (SSSR count). The fraction of sp³-hybridized carbons (Fsp3) is 0.154.